The van der Waals surface area contributed by atoms with Crippen LogP contribution in [0.4, 0.5) is 0 Å². The second-order valence-corrected chi connectivity index (χ2v) is 10.9. The van der Waals surface area contributed by atoms with E-state index in [2.05, 4.69) is 20.8 Å². The Kier molecular flexibility index (Phi) is 4.60. The van der Waals surface area contributed by atoms with Crippen LogP contribution in [-0.4, -0.2) is 23.1 Å². The van der Waals surface area contributed by atoms with Crippen LogP contribution in [0.5, 0.6) is 0 Å². The molecule has 0 radical (unpaired) electrons. The largest absolute Gasteiger partial charge is 0.451 e. The van der Waals surface area contributed by atoms with Crippen LogP contribution in [0.3, 0.4) is 0 Å². The average Bonchev–Trinajstić information content (AvgIpc) is 2.90. The van der Waals surface area contributed by atoms with E-state index in [9.17, 15) is 14.4 Å². The lowest BCUT2D eigenvalue weighted by Crippen LogP contribution is -2.60. The molecule has 8 atom stereocenters. The third-order valence-electron chi connectivity index (χ3n) is 9.86. The molecule has 0 aromatic rings. The molecule has 4 fully saturated rings. The minimum Gasteiger partial charge on any atom is -0.451 e. The quantitative estimate of drug-likeness (QED) is 0.641. The van der Waals surface area contributed by atoms with E-state index in [1.807, 2.05) is 0 Å². The van der Waals surface area contributed by atoms with E-state index in [0.29, 0.717) is 41.8 Å². The first-order chi connectivity index (χ1) is 13.0. The van der Waals surface area contributed by atoms with E-state index in [1.54, 1.807) is 6.92 Å². The van der Waals surface area contributed by atoms with Gasteiger partial charge in [0.1, 0.15) is 5.78 Å². The van der Waals surface area contributed by atoms with Gasteiger partial charge in [-0.2, -0.15) is 0 Å². The standard InChI is InChI=1S/C24H36O4/c1-14-12-18-19(22(4)9-6-17(27)13-21(14)22)7-10-23(5)20(18)8-11-24(23,15(2)25)28-16(3)26/h14,18-21H,6-13H2,1-5H3/t14-,18+,19-,20-,21-,22+,23-,24-/m0/s1. The smallest absolute Gasteiger partial charge is 0.303 e. The van der Waals surface area contributed by atoms with Crippen LogP contribution in [0, 0.1) is 40.4 Å². The van der Waals surface area contributed by atoms with Gasteiger partial charge in [0.05, 0.1) is 0 Å². The van der Waals surface area contributed by atoms with Crippen LogP contribution < -0.4 is 0 Å². The molecule has 0 aromatic carbocycles. The minimum absolute atomic E-state index is 0.0161. The van der Waals surface area contributed by atoms with Crippen molar-refractivity contribution in [2.45, 2.75) is 91.6 Å². The van der Waals surface area contributed by atoms with Crippen molar-refractivity contribution < 1.29 is 19.1 Å². The van der Waals surface area contributed by atoms with Gasteiger partial charge in [-0.1, -0.05) is 20.8 Å². The lowest BCUT2D eigenvalue weighted by atomic mass is 9.42. The van der Waals surface area contributed by atoms with Crippen LogP contribution in [0.15, 0.2) is 0 Å². The number of fused-ring (bicyclic) bond motifs is 5. The van der Waals surface area contributed by atoms with Gasteiger partial charge >= 0.3 is 5.97 Å². The number of hydrogen-bond donors (Lipinski definition) is 0. The number of Topliss-reactive ketones (excluding diaryl/α,β-unsaturated/α-hetero) is 2. The zero-order valence-electron chi connectivity index (χ0n) is 18.2. The number of carbonyl (C=O) groups is 3. The van der Waals surface area contributed by atoms with Gasteiger partial charge in [-0.3, -0.25) is 14.4 Å². The van der Waals surface area contributed by atoms with E-state index < -0.39 is 5.60 Å². The maximum Gasteiger partial charge on any atom is 0.303 e. The fourth-order valence-electron chi connectivity index (χ4n) is 8.58. The monoisotopic (exact) mass is 388 g/mol. The van der Waals surface area contributed by atoms with Gasteiger partial charge in [0.2, 0.25) is 0 Å². The van der Waals surface area contributed by atoms with E-state index in [0.717, 1.165) is 44.9 Å². The summed E-state index contributed by atoms with van der Waals surface area (Å²) < 4.78 is 5.85. The summed E-state index contributed by atoms with van der Waals surface area (Å²) in [6.45, 7) is 10.0. The van der Waals surface area contributed by atoms with Crippen LogP contribution in [0.25, 0.3) is 0 Å². The predicted molar refractivity (Wildman–Crippen MR) is 106 cm³/mol. The number of esters is 1. The van der Waals surface area contributed by atoms with E-state index in [-0.39, 0.29) is 22.6 Å². The summed E-state index contributed by atoms with van der Waals surface area (Å²) in [4.78, 5) is 36.9. The molecule has 0 aliphatic heterocycles. The van der Waals surface area contributed by atoms with Gasteiger partial charge in [-0.15, -0.1) is 0 Å². The van der Waals surface area contributed by atoms with Crippen molar-refractivity contribution in [2.75, 3.05) is 0 Å². The molecule has 0 bridgehead atoms. The Balaban J connectivity index is 1.70. The van der Waals surface area contributed by atoms with Crippen molar-refractivity contribution in [1.82, 2.24) is 0 Å². The lowest BCUT2D eigenvalue weighted by molar-refractivity contribution is -0.194. The highest BCUT2D eigenvalue weighted by Crippen LogP contribution is 2.69. The van der Waals surface area contributed by atoms with E-state index in [4.69, 9.17) is 4.74 Å². The van der Waals surface area contributed by atoms with Crippen LogP contribution in [-0.2, 0) is 19.1 Å². The molecular weight excluding hydrogens is 352 g/mol. The van der Waals surface area contributed by atoms with Gasteiger partial charge in [0, 0.05) is 25.2 Å². The van der Waals surface area contributed by atoms with Crippen LogP contribution >= 0.6 is 0 Å². The summed E-state index contributed by atoms with van der Waals surface area (Å²) in [5.74, 6) is 2.79. The van der Waals surface area contributed by atoms with Crippen molar-refractivity contribution in [3.05, 3.63) is 0 Å². The number of carbonyl (C=O) groups excluding carboxylic acids is 3. The van der Waals surface area contributed by atoms with Crippen LogP contribution in [0.2, 0.25) is 0 Å². The second-order valence-electron chi connectivity index (χ2n) is 10.9. The Morgan fingerprint density at radius 1 is 1.00 bits per heavy atom. The zero-order chi connectivity index (χ0) is 20.5. The number of ketones is 2. The zero-order valence-corrected chi connectivity index (χ0v) is 18.2. The van der Waals surface area contributed by atoms with Crippen LogP contribution in [0.1, 0.15) is 86.0 Å². The second kappa shape index (κ2) is 6.40. The normalized spacial score (nSPS) is 50.3. The molecular formula is C24H36O4. The summed E-state index contributed by atoms with van der Waals surface area (Å²) in [6.07, 6.45) is 7.32. The van der Waals surface area contributed by atoms with Crippen molar-refractivity contribution in [2.24, 2.45) is 40.4 Å². The first kappa shape index (κ1) is 20.1. The third-order valence-corrected chi connectivity index (χ3v) is 9.86. The molecule has 4 rings (SSSR count). The molecule has 0 heterocycles. The highest BCUT2D eigenvalue weighted by molar-refractivity contribution is 5.89. The highest BCUT2D eigenvalue weighted by Gasteiger charge is 2.68. The summed E-state index contributed by atoms with van der Waals surface area (Å²) in [5.41, 5.74) is -0.975. The predicted octanol–water partition coefficient (Wildman–Crippen LogP) is 4.74. The summed E-state index contributed by atoms with van der Waals surface area (Å²) in [5, 5.41) is 0. The van der Waals surface area contributed by atoms with Gasteiger partial charge in [0.25, 0.3) is 0 Å². The SMILES string of the molecule is CC(=O)O[C@]1(C(C)=O)CC[C@H]2[C@@H]3C[C@H](C)[C@@H]4CC(=O)CC[C@]4(C)[C@H]3CC[C@@]21C. The Bertz CT molecular complexity index is 713. The van der Waals surface area contributed by atoms with Crippen molar-refractivity contribution in [3.8, 4) is 0 Å². The summed E-state index contributed by atoms with van der Waals surface area (Å²) in [7, 11) is 0. The Hall–Kier alpha value is -1.19. The maximum atomic E-state index is 12.8. The van der Waals surface area contributed by atoms with Gasteiger partial charge in [0.15, 0.2) is 11.4 Å². The Labute approximate surface area is 169 Å². The Morgan fingerprint density at radius 3 is 2.32 bits per heavy atom. The fourth-order valence-corrected chi connectivity index (χ4v) is 8.58. The molecule has 28 heavy (non-hydrogen) atoms. The first-order valence-electron chi connectivity index (χ1n) is 11.3. The molecule has 0 unspecified atom stereocenters. The average molecular weight is 389 g/mol. The van der Waals surface area contributed by atoms with Crippen molar-refractivity contribution in [3.63, 3.8) is 0 Å². The molecule has 0 amide bonds. The molecule has 0 aromatic heterocycles. The highest BCUT2D eigenvalue weighted by atomic mass is 16.6. The first-order valence-corrected chi connectivity index (χ1v) is 11.3. The molecule has 4 aliphatic carbocycles. The number of ether oxygens (including phenoxy) is 1. The lowest BCUT2D eigenvalue weighted by Gasteiger charge is -2.62. The Morgan fingerprint density at radius 2 is 1.68 bits per heavy atom. The molecule has 4 heteroatoms. The van der Waals surface area contributed by atoms with E-state index >= 15 is 0 Å². The van der Waals surface area contributed by atoms with E-state index in [1.165, 1.54) is 6.92 Å². The molecule has 0 spiro atoms. The molecule has 4 saturated carbocycles. The summed E-state index contributed by atoms with van der Waals surface area (Å²) in [6, 6.07) is 0. The molecule has 4 aliphatic rings. The minimum atomic E-state index is -0.946. The van der Waals surface area contributed by atoms with Gasteiger partial charge in [-0.25, -0.2) is 0 Å². The molecule has 0 N–H and O–H groups in total. The molecule has 4 nitrogen and oxygen atoms in total. The number of rotatable bonds is 2. The maximum absolute atomic E-state index is 12.8. The molecule has 156 valence electrons. The number of hydrogen-bond acceptors (Lipinski definition) is 4. The summed E-state index contributed by atoms with van der Waals surface area (Å²) >= 11 is 0. The topological polar surface area (TPSA) is 60.4 Å². The van der Waals surface area contributed by atoms with Crippen molar-refractivity contribution >= 4 is 17.5 Å². The van der Waals surface area contributed by atoms with Crippen molar-refractivity contribution in [1.29, 1.82) is 0 Å². The molecule has 0 saturated heterocycles. The van der Waals surface area contributed by atoms with Gasteiger partial charge in [-0.05, 0) is 80.5 Å². The third kappa shape index (κ3) is 2.51. The fraction of sp³-hybridized carbons (Fsp3) is 0.875. The van der Waals surface area contributed by atoms with Gasteiger partial charge < -0.3 is 4.74 Å².